The molecule has 3 nitrogen and oxygen atoms in total. The third-order valence-electron chi connectivity index (χ3n) is 2.51. The van der Waals surface area contributed by atoms with Crippen LogP contribution in [0.3, 0.4) is 0 Å². The largest absolute Gasteiger partial charge is 0.488 e. The fraction of sp³-hybridized carbons (Fsp3) is 0.538. The van der Waals surface area contributed by atoms with Crippen molar-refractivity contribution in [3.8, 4) is 0 Å². The highest BCUT2D eigenvalue weighted by molar-refractivity contribution is 6.58. The van der Waals surface area contributed by atoms with Crippen LogP contribution in [0.4, 0.5) is 0 Å². The van der Waals surface area contributed by atoms with Crippen molar-refractivity contribution < 1.29 is 14.8 Å². The maximum absolute atomic E-state index is 9.04. The van der Waals surface area contributed by atoms with E-state index < -0.39 is 7.12 Å². The van der Waals surface area contributed by atoms with Gasteiger partial charge in [-0.1, -0.05) is 45.0 Å². The lowest BCUT2D eigenvalue weighted by Crippen LogP contribution is -2.29. The van der Waals surface area contributed by atoms with Gasteiger partial charge in [-0.2, -0.15) is 0 Å². The minimum atomic E-state index is -1.41. The molecule has 0 fully saturated rings. The molecule has 94 valence electrons. The molecule has 0 bridgehead atoms. The lowest BCUT2D eigenvalue weighted by molar-refractivity contribution is 0.0962. The molecule has 0 atom stereocenters. The highest BCUT2D eigenvalue weighted by atomic mass is 16.5. The first-order valence-corrected chi connectivity index (χ1v) is 5.91. The Hall–Kier alpha value is -0.835. The first-order valence-electron chi connectivity index (χ1n) is 5.91. The van der Waals surface area contributed by atoms with Gasteiger partial charge in [-0.3, -0.25) is 0 Å². The zero-order valence-electron chi connectivity index (χ0n) is 10.8. The SMILES string of the molecule is CC(C)(C)CCOCc1cccc(B(O)O)c1. The number of hydrogen-bond donors (Lipinski definition) is 2. The van der Waals surface area contributed by atoms with E-state index in [1.165, 1.54) is 0 Å². The molecule has 0 heterocycles. The number of ether oxygens (including phenoxy) is 1. The van der Waals surface area contributed by atoms with Crippen LogP contribution in [-0.4, -0.2) is 23.8 Å². The highest BCUT2D eigenvalue weighted by Gasteiger charge is 2.11. The van der Waals surface area contributed by atoms with Gasteiger partial charge in [0.15, 0.2) is 0 Å². The summed E-state index contributed by atoms with van der Waals surface area (Å²) < 4.78 is 5.57. The molecular weight excluding hydrogens is 215 g/mol. The molecule has 0 unspecified atom stereocenters. The molecule has 4 heteroatoms. The number of rotatable bonds is 5. The average molecular weight is 236 g/mol. The molecule has 1 aromatic rings. The summed E-state index contributed by atoms with van der Waals surface area (Å²) in [5, 5.41) is 18.1. The molecular formula is C13H21BO3. The first kappa shape index (κ1) is 14.2. The molecule has 2 N–H and O–H groups in total. The zero-order chi connectivity index (χ0) is 12.9. The number of hydrogen-bond acceptors (Lipinski definition) is 3. The summed E-state index contributed by atoms with van der Waals surface area (Å²) in [4.78, 5) is 0. The van der Waals surface area contributed by atoms with Crippen molar-refractivity contribution in [2.45, 2.75) is 33.8 Å². The smallest absolute Gasteiger partial charge is 0.423 e. The van der Waals surface area contributed by atoms with Gasteiger partial charge in [0.05, 0.1) is 6.61 Å². The van der Waals surface area contributed by atoms with E-state index in [0.717, 1.165) is 18.6 Å². The molecule has 0 radical (unpaired) electrons. The summed E-state index contributed by atoms with van der Waals surface area (Å²) in [5.41, 5.74) is 1.75. The molecule has 0 spiro atoms. The van der Waals surface area contributed by atoms with E-state index in [1.54, 1.807) is 18.2 Å². The van der Waals surface area contributed by atoms with Gasteiger partial charge in [0.2, 0.25) is 0 Å². The average Bonchev–Trinajstić information content (AvgIpc) is 2.23. The lowest BCUT2D eigenvalue weighted by Gasteiger charge is -2.17. The molecule has 0 aromatic heterocycles. The van der Waals surface area contributed by atoms with Crippen LogP contribution in [0.15, 0.2) is 24.3 Å². The summed E-state index contributed by atoms with van der Waals surface area (Å²) in [6, 6.07) is 7.16. The second kappa shape index (κ2) is 6.19. The van der Waals surface area contributed by atoms with Crippen LogP contribution in [0.1, 0.15) is 32.8 Å². The van der Waals surface area contributed by atoms with Gasteiger partial charge in [-0.05, 0) is 22.9 Å². The molecule has 0 aliphatic carbocycles. The molecule has 1 rings (SSSR count). The maximum atomic E-state index is 9.04. The van der Waals surface area contributed by atoms with E-state index in [2.05, 4.69) is 20.8 Å². The van der Waals surface area contributed by atoms with Crippen LogP contribution < -0.4 is 5.46 Å². The Morgan fingerprint density at radius 1 is 1.24 bits per heavy atom. The second-order valence-corrected chi connectivity index (χ2v) is 5.48. The van der Waals surface area contributed by atoms with Gasteiger partial charge in [0.25, 0.3) is 0 Å². The fourth-order valence-electron chi connectivity index (χ4n) is 1.41. The van der Waals surface area contributed by atoms with Crippen molar-refractivity contribution in [3.05, 3.63) is 29.8 Å². The van der Waals surface area contributed by atoms with Gasteiger partial charge in [0.1, 0.15) is 0 Å². The summed E-state index contributed by atoms with van der Waals surface area (Å²) in [7, 11) is -1.41. The van der Waals surface area contributed by atoms with Crippen LogP contribution in [0.25, 0.3) is 0 Å². The predicted octanol–water partition coefficient (Wildman–Crippen LogP) is 1.32. The molecule has 17 heavy (non-hydrogen) atoms. The van der Waals surface area contributed by atoms with Crippen LogP contribution >= 0.6 is 0 Å². The summed E-state index contributed by atoms with van der Waals surface area (Å²) >= 11 is 0. The standard InChI is InChI=1S/C13H21BO3/c1-13(2,3)7-8-17-10-11-5-4-6-12(9-11)14(15)16/h4-6,9,15-16H,7-8,10H2,1-3H3. The Kier molecular flexibility index (Phi) is 5.18. The maximum Gasteiger partial charge on any atom is 0.488 e. The van der Waals surface area contributed by atoms with Crippen LogP contribution in [0.5, 0.6) is 0 Å². The normalized spacial score (nSPS) is 11.6. The van der Waals surface area contributed by atoms with E-state index in [4.69, 9.17) is 14.8 Å². The van der Waals surface area contributed by atoms with Crippen molar-refractivity contribution in [2.75, 3.05) is 6.61 Å². The Balaban J connectivity index is 2.39. The monoisotopic (exact) mass is 236 g/mol. The Morgan fingerprint density at radius 2 is 1.94 bits per heavy atom. The van der Waals surface area contributed by atoms with Crippen molar-refractivity contribution in [1.29, 1.82) is 0 Å². The molecule has 0 amide bonds. The van der Waals surface area contributed by atoms with Gasteiger partial charge in [-0.15, -0.1) is 0 Å². The molecule has 0 aliphatic heterocycles. The zero-order valence-corrected chi connectivity index (χ0v) is 10.8. The fourth-order valence-corrected chi connectivity index (χ4v) is 1.41. The molecule has 0 saturated heterocycles. The lowest BCUT2D eigenvalue weighted by atomic mass is 9.80. The summed E-state index contributed by atoms with van der Waals surface area (Å²) in [6.07, 6.45) is 1.01. The molecule has 0 aliphatic rings. The topological polar surface area (TPSA) is 49.7 Å². The Morgan fingerprint density at radius 3 is 2.53 bits per heavy atom. The second-order valence-electron chi connectivity index (χ2n) is 5.48. The third kappa shape index (κ3) is 5.87. The third-order valence-corrected chi connectivity index (χ3v) is 2.51. The van der Waals surface area contributed by atoms with E-state index in [-0.39, 0.29) is 5.41 Å². The van der Waals surface area contributed by atoms with E-state index in [1.807, 2.05) is 6.07 Å². The van der Waals surface area contributed by atoms with Gasteiger partial charge in [0, 0.05) is 6.61 Å². The van der Waals surface area contributed by atoms with Crippen molar-refractivity contribution in [3.63, 3.8) is 0 Å². The first-order chi connectivity index (χ1) is 7.88. The van der Waals surface area contributed by atoms with E-state index >= 15 is 0 Å². The number of benzene rings is 1. The van der Waals surface area contributed by atoms with E-state index in [0.29, 0.717) is 12.1 Å². The van der Waals surface area contributed by atoms with Gasteiger partial charge in [-0.25, -0.2) is 0 Å². The van der Waals surface area contributed by atoms with Crippen LogP contribution in [0.2, 0.25) is 0 Å². The quantitative estimate of drug-likeness (QED) is 0.598. The minimum Gasteiger partial charge on any atom is -0.423 e. The molecule has 0 saturated carbocycles. The minimum absolute atomic E-state index is 0.281. The van der Waals surface area contributed by atoms with Gasteiger partial charge < -0.3 is 14.8 Å². The van der Waals surface area contributed by atoms with Crippen molar-refractivity contribution in [2.24, 2.45) is 5.41 Å². The summed E-state index contributed by atoms with van der Waals surface area (Å²) in [5.74, 6) is 0. The van der Waals surface area contributed by atoms with Crippen LogP contribution in [-0.2, 0) is 11.3 Å². The Labute approximate surface area is 104 Å². The summed E-state index contributed by atoms with van der Waals surface area (Å²) in [6.45, 7) is 7.77. The Bertz CT molecular complexity index is 345. The van der Waals surface area contributed by atoms with Crippen molar-refractivity contribution in [1.82, 2.24) is 0 Å². The molecule has 1 aromatic carbocycles. The highest BCUT2D eigenvalue weighted by Crippen LogP contribution is 2.18. The van der Waals surface area contributed by atoms with Gasteiger partial charge >= 0.3 is 7.12 Å². The van der Waals surface area contributed by atoms with Crippen LogP contribution in [0, 0.1) is 5.41 Å². The van der Waals surface area contributed by atoms with Crippen molar-refractivity contribution >= 4 is 12.6 Å². The van der Waals surface area contributed by atoms with E-state index in [9.17, 15) is 0 Å². The predicted molar refractivity (Wildman–Crippen MR) is 70.0 cm³/mol.